The molecule has 2 aromatic heterocycles. The van der Waals surface area contributed by atoms with Gasteiger partial charge in [-0.25, -0.2) is 9.67 Å². The summed E-state index contributed by atoms with van der Waals surface area (Å²) in [5, 5.41) is 7.72. The molecule has 0 aliphatic carbocycles. The van der Waals surface area contributed by atoms with Crippen molar-refractivity contribution in [3.63, 3.8) is 0 Å². The summed E-state index contributed by atoms with van der Waals surface area (Å²) in [4.78, 5) is 34.9. The van der Waals surface area contributed by atoms with Crippen molar-refractivity contribution in [3.05, 3.63) is 83.3 Å². The van der Waals surface area contributed by atoms with Gasteiger partial charge in [-0.05, 0) is 43.0 Å². The van der Waals surface area contributed by atoms with Gasteiger partial charge >= 0.3 is 0 Å². The molecular weight excluding hydrogens is 466 g/mol. The Kier molecular flexibility index (Phi) is 6.24. The summed E-state index contributed by atoms with van der Waals surface area (Å²) in [6, 6.07) is 14.9. The zero-order chi connectivity index (χ0) is 26.1. The molecule has 186 valence electrons. The number of carbonyl (C=O) groups is 2. The van der Waals surface area contributed by atoms with Crippen molar-refractivity contribution in [3.8, 4) is 11.8 Å². The molecule has 1 aliphatic rings. The second-order valence-corrected chi connectivity index (χ2v) is 8.97. The fourth-order valence-corrected chi connectivity index (χ4v) is 4.68. The lowest BCUT2D eigenvalue weighted by atomic mass is 10.1. The van der Waals surface area contributed by atoms with E-state index in [2.05, 4.69) is 38.8 Å². The number of aromatic amines is 1. The number of hydrogen-bond acceptors (Lipinski definition) is 5. The molecule has 2 aromatic carbocycles. The molecule has 1 aliphatic heterocycles. The van der Waals surface area contributed by atoms with Crippen molar-refractivity contribution >= 4 is 34.2 Å². The van der Waals surface area contributed by atoms with Gasteiger partial charge in [-0.1, -0.05) is 42.8 Å². The van der Waals surface area contributed by atoms with Crippen molar-refractivity contribution in [2.75, 3.05) is 25.5 Å². The number of anilines is 1. The number of aromatic nitrogens is 4. The summed E-state index contributed by atoms with van der Waals surface area (Å²) in [7, 11) is 1.71. The summed E-state index contributed by atoms with van der Waals surface area (Å²) < 4.78 is 1.73. The van der Waals surface area contributed by atoms with Gasteiger partial charge in [0.15, 0.2) is 5.69 Å². The van der Waals surface area contributed by atoms with Crippen LogP contribution in [-0.4, -0.2) is 56.6 Å². The zero-order valence-corrected chi connectivity index (χ0v) is 20.7. The molecule has 0 bridgehead atoms. The van der Waals surface area contributed by atoms with Gasteiger partial charge in [0.05, 0.1) is 17.1 Å². The average molecular weight is 494 g/mol. The largest absolute Gasteiger partial charge is 0.373 e. The highest BCUT2D eigenvalue weighted by atomic mass is 16.2. The topological polar surface area (TPSA) is 122 Å². The van der Waals surface area contributed by atoms with Crippen LogP contribution in [0.15, 0.2) is 55.1 Å². The third kappa shape index (κ3) is 4.57. The summed E-state index contributed by atoms with van der Waals surface area (Å²) >= 11 is 0. The molecule has 3 heterocycles. The number of fused-ring (bicyclic) bond motifs is 1. The van der Waals surface area contributed by atoms with Gasteiger partial charge in [0, 0.05) is 31.3 Å². The molecule has 0 radical (unpaired) electrons. The summed E-state index contributed by atoms with van der Waals surface area (Å²) in [5.41, 5.74) is 10.00. The van der Waals surface area contributed by atoms with E-state index in [0.29, 0.717) is 30.9 Å². The van der Waals surface area contributed by atoms with Gasteiger partial charge in [0.25, 0.3) is 11.8 Å². The first-order chi connectivity index (χ1) is 17.9. The summed E-state index contributed by atoms with van der Waals surface area (Å²) in [5.74, 6) is 6.68. The van der Waals surface area contributed by atoms with Crippen molar-refractivity contribution in [2.45, 2.75) is 19.4 Å². The van der Waals surface area contributed by atoms with E-state index >= 15 is 0 Å². The predicted molar refractivity (Wildman–Crippen MR) is 143 cm³/mol. The van der Waals surface area contributed by atoms with Gasteiger partial charge < -0.3 is 20.9 Å². The molecule has 1 saturated heterocycles. The minimum Gasteiger partial charge on any atom is -0.373 e. The lowest BCUT2D eigenvalue weighted by Crippen LogP contribution is -2.30. The fraction of sp³-hybridized carbons (Fsp3) is 0.214. The van der Waals surface area contributed by atoms with Gasteiger partial charge in [-0.2, -0.15) is 5.10 Å². The molecule has 37 heavy (non-hydrogen) atoms. The number of H-pyrrole nitrogens is 1. The minimum atomic E-state index is -0.622. The normalized spacial score (nSPS) is 14.9. The Morgan fingerprint density at radius 1 is 1.19 bits per heavy atom. The van der Waals surface area contributed by atoms with Crippen LogP contribution < -0.4 is 11.1 Å². The van der Waals surface area contributed by atoms with Crippen molar-refractivity contribution in [2.24, 2.45) is 5.73 Å². The lowest BCUT2D eigenvalue weighted by molar-refractivity contribution is -0.124. The van der Waals surface area contributed by atoms with Crippen LogP contribution in [0.3, 0.4) is 0 Å². The van der Waals surface area contributed by atoms with Gasteiger partial charge in [0.1, 0.15) is 17.2 Å². The Balaban J connectivity index is 1.42. The van der Waals surface area contributed by atoms with Gasteiger partial charge in [-0.15, -0.1) is 0 Å². The number of amides is 2. The van der Waals surface area contributed by atoms with Crippen LogP contribution >= 0.6 is 0 Å². The van der Waals surface area contributed by atoms with Crippen LogP contribution in [0.4, 0.5) is 5.82 Å². The lowest BCUT2D eigenvalue weighted by Gasteiger charge is -2.19. The molecule has 4 aromatic rings. The number of benzene rings is 2. The Morgan fingerprint density at radius 2 is 1.97 bits per heavy atom. The summed E-state index contributed by atoms with van der Waals surface area (Å²) in [6.45, 7) is 6.88. The first-order valence-corrected chi connectivity index (χ1v) is 12.0. The molecule has 5 rings (SSSR count). The van der Waals surface area contributed by atoms with Crippen molar-refractivity contribution < 1.29 is 9.59 Å². The molecule has 4 N–H and O–H groups in total. The Labute approximate surface area is 214 Å². The van der Waals surface area contributed by atoms with E-state index in [1.807, 2.05) is 55.5 Å². The maximum absolute atomic E-state index is 13.1. The van der Waals surface area contributed by atoms with Crippen LogP contribution in [0.1, 0.15) is 45.5 Å². The second-order valence-electron chi connectivity index (χ2n) is 8.97. The monoisotopic (exact) mass is 493 g/mol. The predicted octanol–water partition coefficient (Wildman–Crippen LogP) is 3.10. The number of likely N-dealkylation sites (tertiary alicyclic amines) is 1. The van der Waals surface area contributed by atoms with E-state index < -0.39 is 5.91 Å². The van der Waals surface area contributed by atoms with Crippen LogP contribution in [-0.2, 0) is 4.79 Å². The van der Waals surface area contributed by atoms with Crippen LogP contribution in [0, 0.1) is 18.8 Å². The molecule has 1 fully saturated rings. The number of primary amides is 1. The smallest absolute Gasteiger partial charge is 0.255 e. The molecule has 0 saturated carbocycles. The number of imidazole rings is 1. The van der Waals surface area contributed by atoms with E-state index in [-0.39, 0.29) is 23.2 Å². The summed E-state index contributed by atoms with van der Waals surface area (Å²) in [6.07, 6.45) is 0.672. The van der Waals surface area contributed by atoms with Crippen molar-refractivity contribution in [1.29, 1.82) is 0 Å². The van der Waals surface area contributed by atoms with E-state index in [1.54, 1.807) is 16.6 Å². The molecule has 1 unspecified atom stereocenters. The molecule has 2 amide bonds. The highest BCUT2D eigenvalue weighted by Crippen LogP contribution is 2.30. The quantitative estimate of drug-likeness (QED) is 0.291. The number of nitrogens with two attached hydrogens (primary N) is 1. The Morgan fingerprint density at radius 3 is 2.70 bits per heavy atom. The number of rotatable bonds is 5. The van der Waals surface area contributed by atoms with E-state index in [1.165, 1.54) is 0 Å². The third-order valence-electron chi connectivity index (χ3n) is 6.50. The number of carbonyl (C=O) groups excluding carboxylic acids is 2. The van der Waals surface area contributed by atoms with Crippen molar-refractivity contribution in [1.82, 2.24) is 24.6 Å². The first kappa shape index (κ1) is 23.9. The zero-order valence-electron chi connectivity index (χ0n) is 20.7. The van der Waals surface area contributed by atoms with E-state index in [9.17, 15) is 9.59 Å². The Bertz CT molecular complexity index is 1590. The third-order valence-corrected chi connectivity index (χ3v) is 6.50. The number of hydrogen-bond donors (Lipinski definition) is 3. The van der Waals surface area contributed by atoms with Gasteiger partial charge in [0.2, 0.25) is 0 Å². The Hall–Kier alpha value is -4.84. The highest BCUT2D eigenvalue weighted by Gasteiger charge is 2.33. The number of nitrogens with zero attached hydrogens (tertiary/aromatic N) is 4. The number of nitrogens with one attached hydrogen (secondary N) is 2. The SMILES string of the molecule is C=C(C(=O)N1CCC(n2nc(C#Cc3ccc4nc(C)[nH]c4c3)c(C(N)=O)c2NC)C1)c1ccccc1. The van der Waals surface area contributed by atoms with Crippen LogP contribution in [0.5, 0.6) is 0 Å². The van der Waals surface area contributed by atoms with Crippen LogP contribution in [0.2, 0.25) is 0 Å². The van der Waals surface area contributed by atoms with Crippen LogP contribution in [0.25, 0.3) is 16.6 Å². The number of aryl methyl sites for hydroxylation is 1. The average Bonchev–Trinajstić information content (AvgIpc) is 3.62. The fourth-order valence-electron chi connectivity index (χ4n) is 4.68. The molecule has 0 spiro atoms. The first-order valence-electron chi connectivity index (χ1n) is 12.0. The highest BCUT2D eigenvalue weighted by molar-refractivity contribution is 6.18. The molecule has 9 heteroatoms. The molecule has 1 atom stereocenters. The van der Waals surface area contributed by atoms with Gasteiger partial charge in [-0.3, -0.25) is 9.59 Å². The maximum atomic E-state index is 13.1. The minimum absolute atomic E-state index is 0.119. The molecule has 9 nitrogen and oxygen atoms in total. The molecular formula is C28H27N7O2. The second kappa shape index (κ2) is 9.66. The van der Waals surface area contributed by atoms with E-state index in [4.69, 9.17) is 5.73 Å². The maximum Gasteiger partial charge on any atom is 0.255 e. The standard InChI is InChI=1S/C28H27N7O2/c1-17(20-7-5-4-6-8-20)28(37)34-14-13-21(16-34)35-27(30-3)25(26(29)36)23(33-35)12-10-19-9-11-22-24(15-19)32-18(2)31-22/h4-9,11,15,21,30H,1,13-14,16H2,2-3H3,(H2,29,36)(H,31,32). The van der Waals surface area contributed by atoms with E-state index in [0.717, 1.165) is 28.0 Å².